The average molecular weight is 280 g/mol. The second-order valence-electron chi connectivity index (χ2n) is 4.34. The number of carbonyl (C=O) groups is 2. The van der Waals surface area contributed by atoms with Gasteiger partial charge in [-0.3, -0.25) is 9.59 Å². The van der Waals surface area contributed by atoms with Crippen LogP contribution in [0.3, 0.4) is 0 Å². The molecule has 0 unspecified atom stereocenters. The molecule has 108 valence electrons. The Kier molecular flexibility index (Phi) is 13.7. The summed E-state index contributed by atoms with van der Waals surface area (Å²) in [4.78, 5) is 24.1. The zero-order valence-corrected chi connectivity index (χ0v) is 12.2. The first kappa shape index (κ1) is 19.5. The molecule has 0 heterocycles. The molecule has 3 N–H and O–H groups in total. The maximum absolute atomic E-state index is 11.4. The van der Waals surface area contributed by atoms with Crippen LogP contribution in [-0.4, -0.2) is 43.9 Å². The quantitative estimate of drug-likeness (QED) is 0.616. The van der Waals surface area contributed by atoms with E-state index in [0.717, 1.165) is 32.2 Å². The van der Waals surface area contributed by atoms with Crippen LogP contribution in [-0.2, 0) is 9.59 Å². The minimum Gasteiger partial charge on any atom is -0.356 e. The summed E-state index contributed by atoms with van der Waals surface area (Å²) in [5, 5.41) is 2.75. The summed E-state index contributed by atoms with van der Waals surface area (Å²) in [7, 11) is 3.42. The lowest BCUT2D eigenvalue weighted by Gasteiger charge is -2.10. The van der Waals surface area contributed by atoms with Gasteiger partial charge in [0, 0.05) is 33.5 Å². The number of hydrogen-bond donors (Lipinski definition) is 2. The molecule has 0 aromatic carbocycles. The lowest BCUT2D eigenvalue weighted by molar-refractivity contribution is -0.128. The number of unbranched alkanes of at least 4 members (excludes halogenated alkanes) is 3. The van der Waals surface area contributed by atoms with Crippen molar-refractivity contribution in [2.24, 2.45) is 5.73 Å². The maximum atomic E-state index is 11.4. The van der Waals surface area contributed by atoms with Crippen LogP contribution in [0.1, 0.15) is 38.5 Å². The van der Waals surface area contributed by atoms with E-state index in [1.54, 1.807) is 14.1 Å². The number of carbonyl (C=O) groups excluding carboxylic acids is 2. The third kappa shape index (κ3) is 11.7. The van der Waals surface area contributed by atoms with E-state index in [-0.39, 0.29) is 24.2 Å². The largest absolute Gasteiger partial charge is 0.356 e. The molecule has 2 amide bonds. The highest BCUT2D eigenvalue weighted by atomic mass is 35.5. The van der Waals surface area contributed by atoms with Gasteiger partial charge in [-0.15, -0.1) is 12.4 Å². The van der Waals surface area contributed by atoms with Gasteiger partial charge in [-0.1, -0.05) is 12.8 Å². The molecule has 0 rings (SSSR count). The van der Waals surface area contributed by atoms with Gasteiger partial charge < -0.3 is 16.0 Å². The fourth-order valence-electron chi connectivity index (χ4n) is 1.40. The normalized spacial score (nSPS) is 9.50. The number of nitrogens with zero attached hydrogens (tertiary/aromatic N) is 1. The van der Waals surface area contributed by atoms with Gasteiger partial charge in [-0.25, -0.2) is 0 Å². The second-order valence-corrected chi connectivity index (χ2v) is 4.34. The Bertz CT molecular complexity index is 235. The van der Waals surface area contributed by atoms with Crippen molar-refractivity contribution < 1.29 is 9.59 Å². The van der Waals surface area contributed by atoms with E-state index in [1.807, 2.05) is 0 Å². The van der Waals surface area contributed by atoms with Crippen LogP contribution in [0.25, 0.3) is 0 Å². The number of amides is 2. The molecule has 0 aromatic heterocycles. The van der Waals surface area contributed by atoms with Crippen LogP contribution >= 0.6 is 12.4 Å². The maximum Gasteiger partial charge on any atom is 0.223 e. The highest BCUT2D eigenvalue weighted by Crippen LogP contribution is 2.01. The van der Waals surface area contributed by atoms with Gasteiger partial charge in [-0.05, 0) is 19.4 Å². The molecule has 0 radical (unpaired) electrons. The van der Waals surface area contributed by atoms with Gasteiger partial charge in [0.05, 0.1) is 0 Å². The molecule has 0 aliphatic heterocycles. The van der Waals surface area contributed by atoms with Gasteiger partial charge in [0.1, 0.15) is 0 Å². The first-order valence-electron chi connectivity index (χ1n) is 6.25. The van der Waals surface area contributed by atoms with Crippen molar-refractivity contribution in [1.82, 2.24) is 10.2 Å². The zero-order valence-electron chi connectivity index (χ0n) is 11.4. The summed E-state index contributed by atoms with van der Waals surface area (Å²) < 4.78 is 0. The first-order valence-corrected chi connectivity index (χ1v) is 6.25. The average Bonchev–Trinajstić information content (AvgIpc) is 2.28. The van der Waals surface area contributed by atoms with Crippen LogP contribution in [0.4, 0.5) is 0 Å². The van der Waals surface area contributed by atoms with E-state index in [2.05, 4.69) is 5.32 Å². The fourth-order valence-corrected chi connectivity index (χ4v) is 1.40. The lowest BCUT2D eigenvalue weighted by Crippen LogP contribution is -2.29. The molecule has 0 saturated heterocycles. The highest BCUT2D eigenvalue weighted by Gasteiger charge is 2.05. The summed E-state index contributed by atoms with van der Waals surface area (Å²) >= 11 is 0. The van der Waals surface area contributed by atoms with Crippen molar-refractivity contribution in [3.8, 4) is 0 Å². The molecule has 0 aromatic rings. The molecule has 0 atom stereocenters. The van der Waals surface area contributed by atoms with Crippen LogP contribution < -0.4 is 11.1 Å². The SMILES string of the molecule is CN(C)C(=O)CCNC(=O)CCCCCCN.Cl. The van der Waals surface area contributed by atoms with Crippen LogP contribution in [0.2, 0.25) is 0 Å². The second kappa shape index (κ2) is 12.6. The van der Waals surface area contributed by atoms with Crippen molar-refractivity contribution >= 4 is 24.2 Å². The third-order valence-corrected chi connectivity index (χ3v) is 2.52. The summed E-state index contributed by atoms with van der Waals surface area (Å²) in [6.45, 7) is 1.15. The Morgan fingerprint density at radius 1 is 1.06 bits per heavy atom. The van der Waals surface area contributed by atoms with E-state index in [4.69, 9.17) is 5.73 Å². The molecule has 0 bridgehead atoms. The Balaban J connectivity index is 0. The van der Waals surface area contributed by atoms with Crippen LogP contribution in [0.15, 0.2) is 0 Å². The number of hydrogen-bond acceptors (Lipinski definition) is 3. The van der Waals surface area contributed by atoms with E-state index >= 15 is 0 Å². The topological polar surface area (TPSA) is 75.4 Å². The highest BCUT2D eigenvalue weighted by molar-refractivity contribution is 5.85. The summed E-state index contributed by atoms with van der Waals surface area (Å²) in [5.74, 6) is 0.0672. The lowest BCUT2D eigenvalue weighted by atomic mass is 10.1. The zero-order chi connectivity index (χ0) is 13.1. The van der Waals surface area contributed by atoms with E-state index < -0.39 is 0 Å². The van der Waals surface area contributed by atoms with E-state index in [0.29, 0.717) is 19.4 Å². The summed E-state index contributed by atoms with van der Waals surface area (Å²) in [6.07, 6.45) is 4.96. The standard InChI is InChI=1S/C12H25N3O2.ClH/c1-15(2)12(17)8-10-14-11(16)7-5-3-4-6-9-13;/h3-10,13H2,1-2H3,(H,14,16);1H. The van der Waals surface area contributed by atoms with Gasteiger partial charge in [0.25, 0.3) is 0 Å². The van der Waals surface area contributed by atoms with Crippen molar-refractivity contribution in [1.29, 1.82) is 0 Å². The Hall–Kier alpha value is -0.810. The number of halogens is 1. The molecular weight excluding hydrogens is 254 g/mol. The fraction of sp³-hybridized carbons (Fsp3) is 0.833. The summed E-state index contributed by atoms with van der Waals surface area (Å²) in [5.41, 5.74) is 5.37. The number of nitrogens with two attached hydrogens (primary N) is 1. The molecule has 5 nitrogen and oxygen atoms in total. The predicted octanol–water partition coefficient (Wildman–Crippen LogP) is 0.912. The van der Waals surface area contributed by atoms with Crippen LogP contribution in [0, 0.1) is 0 Å². The smallest absolute Gasteiger partial charge is 0.223 e. The third-order valence-electron chi connectivity index (χ3n) is 2.52. The molecule has 0 spiro atoms. The molecule has 0 aliphatic rings. The Morgan fingerprint density at radius 2 is 1.67 bits per heavy atom. The predicted molar refractivity (Wildman–Crippen MR) is 75.7 cm³/mol. The Labute approximate surface area is 116 Å². The van der Waals surface area contributed by atoms with Gasteiger partial charge in [0.2, 0.25) is 11.8 Å². The molecule has 0 fully saturated rings. The molecule has 18 heavy (non-hydrogen) atoms. The minimum absolute atomic E-state index is 0. The molecular formula is C12H26ClN3O2. The van der Waals surface area contributed by atoms with Crippen LogP contribution in [0.5, 0.6) is 0 Å². The van der Waals surface area contributed by atoms with Gasteiger partial charge in [-0.2, -0.15) is 0 Å². The van der Waals surface area contributed by atoms with Crippen molar-refractivity contribution in [3.63, 3.8) is 0 Å². The molecule has 0 saturated carbocycles. The molecule has 6 heteroatoms. The summed E-state index contributed by atoms with van der Waals surface area (Å²) in [6, 6.07) is 0. The Morgan fingerprint density at radius 3 is 2.22 bits per heavy atom. The van der Waals surface area contributed by atoms with E-state index in [9.17, 15) is 9.59 Å². The van der Waals surface area contributed by atoms with Crippen molar-refractivity contribution in [3.05, 3.63) is 0 Å². The monoisotopic (exact) mass is 279 g/mol. The van der Waals surface area contributed by atoms with Crippen molar-refractivity contribution in [2.75, 3.05) is 27.2 Å². The van der Waals surface area contributed by atoms with Gasteiger partial charge in [0.15, 0.2) is 0 Å². The number of nitrogens with one attached hydrogen (secondary N) is 1. The first-order chi connectivity index (χ1) is 8.07. The van der Waals surface area contributed by atoms with Crippen molar-refractivity contribution in [2.45, 2.75) is 38.5 Å². The van der Waals surface area contributed by atoms with Gasteiger partial charge >= 0.3 is 0 Å². The molecule has 0 aliphatic carbocycles. The minimum atomic E-state index is 0. The number of rotatable bonds is 9. The van der Waals surface area contributed by atoms with E-state index in [1.165, 1.54) is 4.90 Å².